The first-order chi connectivity index (χ1) is 7.06. The second-order valence-electron chi connectivity index (χ2n) is 3.34. The van der Waals surface area contributed by atoms with E-state index in [-0.39, 0.29) is 17.1 Å². The van der Waals surface area contributed by atoms with Crippen LogP contribution in [0.3, 0.4) is 0 Å². The molecule has 0 spiro atoms. The van der Waals surface area contributed by atoms with Gasteiger partial charge in [-0.1, -0.05) is 19.6 Å². The molecule has 0 aromatic carbocycles. The molecule has 85 valence electrons. The molecule has 1 aliphatic rings. The van der Waals surface area contributed by atoms with E-state index in [9.17, 15) is 0 Å². The van der Waals surface area contributed by atoms with Gasteiger partial charge in [-0.25, -0.2) is 0 Å². The SMILES string of the molecule is [C-]#C[Si](C)(C)C.[C-]#[O+].[C-]#[O+].[CH]1[CH][CH][CH][CH]1.[Fe+2]. The molecule has 4 heteroatoms. The molecule has 0 aromatic heterocycles. The second kappa shape index (κ2) is 20.2. The van der Waals surface area contributed by atoms with Gasteiger partial charge in [0.15, 0.2) is 0 Å². The minimum atomic E-state index is -1.21. The van der Waals surface area contributed by atoms with Gasteiger partial charge in [0, 0.05) is 0 Å². The maximum atomic E-state index is 7.50. The summed E-state index contributed by atoms with van der Waals surface area (Å²) in [5.41, 5.74) is 2.49. The smallest absolute Gasteiger partial charge is 0.0312 e. The molecule has 0 N–H and O–H groups in total. The molecule has 0 bridgehead atoms. The zero-order valence-corrected chi connectivity index (χ0v) is 11.7. The fraction of sp³-hybridized carbons (Fsp3) is 0.250. The number of hydrogen-bond donors (Lipinski definition) is 0. The molecule has 0 amide bonds. The van der Waals surface area contributed by atoms with Crippen LogP contribution in [0.2, 0.25) is 19.6 Å². The van der Waals surface area contributed by atoms with E-state index in [1.807, 2.05) is 32.1 Å². The van der Waals surface area contributed by atoms with Crippen LogP contribution in [0.1, 0.15) is 0 Å². The Morgan fingerprint density at radius 2 is 0.938 bits per heavy atom. The topological polar surface area (TPSA) is 39.8 Å². The van der Waals surface area contributed by atoms with Gasteiger partial charge in [0.25, 0.3) is 0 Å². The van der Waals surface area contributed by atoms with Crippen molar-refractivity contribution in [3.8, 4) is 5.54 Å². The fourth-order valence-corrected chi connectivity index (χ4v) is 0.321. The Labute approximate surface area is 112 Å². The third kappa shape index (κ3) is 37.2. The standard InChI is InChI=1S/C5H9Si.C5H5.2CO.Fe/c1-5-6(2,3)4;1-2-4-5-3-1;2*1-2;/h2-4H3;1-5H;;;/q-1;;;;+2. The van der Waals surface area contributed by atoms with Crippen LogP contribution in [-0.4, -0.2) is 8.07 Å². The van der Waals surface area contributed by atoms with Crippen LogP contribution >= 0.6 is 0 Å². The largest absolute Gasteiger partial charge is 2.00 e. The molecular weight excluding hydrogens is 260 g/mol. The van der Waals surface area contributed by atoms with Crippen molar-refractivity contribution in [1.29, 1.82) is 0 Å². The summed E-state index contributed by atoms with van der Waals surface area (Å²) < 4.78 is 15.0. The summed E-state index contributed by atoms with van der Waals surface area (Å²) in [6, 6.07) is 0. The zero-order valence-electron chi connectivity index (χ0n) is 9.56. The minimum absolute atomic E-state index is 0. The first-order valence-corrected chi connectivity index (χ1v) is 7.57. The predicted octanol–water partition coefficient (Wildman–Crippen LogP) is 2.40. The van der Waals surface area contributed by atoms with Crippen LogP contribution < -0.4 is 0 Å². The summed E-state index contributed by atoms with van der Waals surface area (Å²) in [5.74, 6) is 0. The van der Waals surface area contributed by atoms with Crippen LogP contribution in [0.15, 0.2) is 0 Å². The maximum Gasteiger partial charge on any atom is 2.00 e. The number of rotatable bonds is 0. The van der Waals surface area contributed by atoms with Crippen molar-refractivity contribution < 1.29 is 26.4 Å². The van der Waals surface area contributed by atoms with Crippen molar-refractivity contribution in [2.45, 2.75) is 19.6 Å². The van der Waals surface area contributed by atoms with Gasteiger partial charge >= 0.3 is 39.7 Å². The predicted molar refractivity (Wildman–Crippen MR) is 59.8 cm³/mol. The quantitative estimate of drug-likeness (QED) is 0.282. The molecule has 1 rings (SSSR count). The average Bonchev–Trinajstić information content (AvgIpc) is 2.81. The Balaban J connectivity index is -0.0000000658. The van der Waals surface area contributed by atoms with Crippen molar-refractivity contribution >= 4 is 8.07 Å². The van der Waals surface area contributed by atoms with E-state index in [1.54, 1.807) is 0 Å². The Morgan fingerprint density at radius 1 is 0.812 bits per heavy atom. The summed E-state index contributed by atoms with van der Waals surface area (Å²) in [6.45, 7) is 15.2. The first-order valence-electron chi connectivity index (χ1n) is 4.07. The van der Waals surface area contributed by atoms with E-state index >= 15 is 0 Å². The van der Waals surface area contributed by atoms with Crippen LogP contribution in [0.4, 0.5) is 0 Å². The molecular formula is C12H14FeO2Si+. The molecule has 0 aliphatic heterocycles. The summed E-state index contributed by atoms with van der Waals surface area (Å²) in [6.07, 6.45) is 16.7. The molecule has 0 aromatic rings. The molecule has 5 radical (unpaired) electrons. The van der Waals surface area contributed by atoms with Gasteiger partial charge in [0.05, 0.1) is 8.07 Å². The zero-order chi connectivity index (χ0) is 12.7. The van der Waals surface area contributed by atoms with Gasteiger partial charge in [0.1, 0.15) is 0 Å². The molecule has 1 saturated carbocycles. The first kappa shape index (κ1) is 24.8. The Morgan fingerprint density at radius 3 is 1.00 bits per heavy atom. The molecule has 0 saturated heterocycles. The molecule has 0 atom stereocenters. The van der Waals surface area contributed by atoms with Crippen LogP contribution in [0.5, 0.6) is 0 Å². The van der Waals surface area contributed by atoms with E-state index < -0.39 is 8.07 Å². The summed E-state index contributed by atoms with van der Waals surface area (Å²) in [4.78, 5) is 0. The van der Waals surface area contributed by atoms with E-state index in [1.165, 1.54) is 0 Å². The average molecular weight is 274 g/mol. The van der Waals surface area contributed by atoms with Crippen LogP contribution in [-0.2, 0) is 26.4 Å². The van der Waals surface area contributed by atoms with Crippen molar-refractivity contribution in [3.05, 3.63) is 51.8 Å². The Bertz CT molecular complexity index is 181. The maximum absolute atomic E-state index is 7.50. The third-order valence-corrected chi connectivity index (χ3v) is 1.68. The Hall–Kier alpha value is -0.224. The summed E-state index contributed by atoms with van der Waals surface area (Å²) in [7, 11) is -1.21. The van der Waals surface area contributed by atoms with Crippen LogP contribution in [0.25, 0.3) is 0 Å². The normalized spacial score (nSPS) is 11.6. The fourth-order valence-electron chi connectivity index (χ4n) is 0.321. The number of hydrogen-bond acceptors (Lipinski definition) is 0. The van der Waals surface area contributed by atoms with Crippen molar-refractivity contribution in [3.63, 3.8) is 0 Å². The monoisotopic (exact) mass is 274 g/mol. The van der Waals surface area contributed by atoms with Gasteiger partial charge in [0.2, 0.25) is 0 Å². The van der Waals surface area contributed by atoms with Gasteiger partial charge in [-0.05, 0) is 32.1 Å². The summed E-state index contributed by atoms with van der Waals surface area (Å²) >= 11 is 0. The minimum Gasteiger partial charge on any atom is -0.0312 e. The molecule has 16 heavy (non-hydrogen) atoms. The van der Waals surface area contributed by atoms with E-state index in [0.29, 0.717) is 0 Å². The summed E-state index contributed by atoms with van der Waals surface area (Å²) in [5, 5.41) is 0. The molecule has 0 unspecified atom stereocenters. The molecule has 2 nitrogen and oxygen atoms in total. The molecule has 0 heterocycles. The van der Waals surface area contributed by atoms with E-state index in [4.69, 9.17) is 15.7 Å². The molecule has 1 aliphatic carbocycles. The van der Waals surface area contributed by atoms with Crippen molar-refractivity contribution in [2.75, 3.05) is 0 Å². The van der Waals surface area contributed by atoms with E-state index in [0.717, 1.165) is 0 Å². The van der Waals surface area contributed by atoms with Crippen LogP contribution in [0, 0.1) is 57.4 Å². The second-order valence-corrected chi connectivity index (χ2v) is 8.09. The van der Waals surface area contributed by atoms with E-state index in [2.05, 4.69) is 38.5 Å². The molecule has 1 fully saturated rings. The van der Waals surface area contributed by atoms with Gasteiger partial charge in [-0.3, -0.25) is 0 Å². The van der Waals surface area contributed by atoms with Gasteiger partial charge in [-0.15, -0.1) is 0 Å². The Kier molecular flexibility index (Phi) is 31.4. The van der Waals surface area contributed by atoms with Crippen molar-refractivity contribution in [1.82, 2.24) is 0 Å². The van der Waals surface area contributed by atoms with Gasteiger partial charge < -0.3 is 12.0 Å². The third-order valence-electron chi connectivity index (χ3n) is 0.931. The van der Waals surface area contributed by atoms with Crippen molar-refractivity contribution in [2.24, 2.45) is 0 Å². The van der Waals surface area contributed by atoms with Gasteiger partial charge in [-0.2, -0.15) is 0 Å².